The molecule has 1 amide bonds. The minimum absolute atomic E-state index is 0.0894. The van der Waals surface area contributed by atoms with E-state index in [1.54, 1.807) is 6.92 Å². The van der Waals surface area contributed by atoms with Crippen LogP contribution in [0.2, 0.25) is 0 Å². The predicted octanol–water partition coefficient (Wildman–Crippen LogP) is 3.41. The van der Waals surface area contributed by atoms with Crippen molar-refractivity contribution in [3.63, 3.8) is 0 Å². The van der Waals surface area contributed by atoms with Crippen molar-refractivity contribution in [2.24, 2.45) is 11.7 Å². The number of nitrogens with two attached hydrogens (primary N) is 1. The molecular formula is C25H30N3O2+. The Morgan fingerprint density at radius 3 is 2.13 bits per heavy atom. The first kappa shape index (κ1) is 20.4. The molecule has 5 nitrogen and oxygen atoms in total. The Bertz CT molecular complexity index is 972. The van der Waals surface area contributed by atoms with Crippen molar-refractivity contribution in [1.82, 2.24) is 4.57 Å². The van der Waals surface area contributed by atoms with Crippen molar-refractivity contribution in [2.75, 3.05) is 0 Å². The van der Waals surface area contributed by atoms with Crippen LogP contribution in [0.1, 0.15) is 55.4 Å². The van der Waals surface area contributed by atoms with Crippen molar-refractivity contribution in [2.45, 2.75) is 50.8 Å². The molecule has 3 atom stereocenters. The lowest BCUT2D eigenvalue weighted by Crippen LogP contribution is -2.48. The lowest BCUT2D eigenvalue weighted by molar-refractivity contribution is -0.727. The standard InChI is InChI=1S/C25H29N3O2/c1-18-27(19(2)29)15-16-28(18)23-14-13-22(17-23)25(24(26)30,20-9-5-3-6-10-20)21-11-7-4-8-12-21/h3-12,15-16,19,22-23,29H,13-14,17H2,1-2H3,(H-,26,30)/p+1/t19?,22-,23+/m1/s1. The second kappa shape index (κ2) is 8.07. The van der Waals surface area contributed by atoms with Crippen molar-refractivity contribution < 1.29 is 14.5 Å². The third kappa shape index (κ3) is 3.23. The molecule has 1 unspecified atom stereocenters. The molecule has 3 N–H and O–H groups in total. The van der Waals surface area contributed by atoms with Crippen LogP contribution in [0.3, 0.4) is 0 Å². The van der Waals surface area contributed by atoms with Crippen LogP contribution in [0.25, 0.3) is 0 Å². The van der Waals surface area contributed by atoms with E-state index in [-0.39, 0.29) is 17.9 Å². The Labute approximate surface area is 177 Å². The van der Waals surface area contributed by atoms with Gasteiger partial charge in [-0.3, -0.25) is 4.79 Å². The Morgan fingerprint density at radius 1 is 1.10 bits per heavy atom. The van der Waals surface area contributed by atoms with Crippen LogP contribution in [-0.2, 0) is 10.2 Å². The summed E-state index contributed by atoms with van der Waals surface area (Å²) in [6.45, 7) is 3.79. The van der Waals surface area contributed by atoms with Gasteiger partial charge >= 0.3 is 0 Å². The van der Waals surface area contributed by atoms with E-state index in [9.17, 15) is 9.90 Å². The first-order valence-electron chi connectivity index (χ1n) is 10.6. The molecule has 0 spiro atoms. The molecule has 156 valence electrons. The first-order chi connectivity index (χ1) is 14.5. The molecule has 2 aromatic carbocycles. The number of nitrogens with zero attached hydrogens (tertiary/aromatic N) is 2. The number of primary amides is 1. The molecular weight excluding hydrogens is 374 g/mol. The zero-order valence-electron chi connectivity index (χ0n) is 17.6. The number of imidazole rings is 1. The van der Waals surface area contributed by atoms with Crippen molar-refractivity contribution in [3.8, 4) is 0 Å². The fourth-order valence-corrected chi connectivity index (χ4v) is 5.40. The monoisotopic (exact) mass is 404 g/mol. The summed E-state index contributed by atoms with van der Waals surface area (Å²) in [5, 5.41) is 10.0. The fraction of sp³-hybridized carbons (Fsp3) is 0.360. The lowest BCUT2D eigenvalue weighted by Gasteiger charge is -2.37. The normalized spacial score (nSPS) is 20.2. The molecule has 4 rings (SSSR count). The largest absolute Gasteiger partial charge is 0.369 e. The Balaban J connectivity index is 1.77. The molecule has 30 heavy (non-hydrogen) atoms. The summed E-state index contributed by atoms with van der Waals surface area (Å²) in [4.78, 5) is 13.2. The highest BCUT2D eigenvalue weighted by molar-refractivity contribution is 5.91. The molecule has 1 aromatic heterocycles. The average molecular weight is 405 g/mol. The highest BCUT2D eigenvalue weighted by Crippen LogP contribution is 2.48. The molecule has 1 fully saturated rings. The van der Waals surface area contributed by atoms with E-state index in [0.717, 1.165) is 36.2 Å². The summed E-state index contributed by atoms with van der Waals surface area (Å²) < 4.78 is 4.09. The molecule has 0 radical (unpaired) electrons. The fourth-order valence-electron chi connectivity index (χ4n) is 5.40. The summed E-state index contributed by atoms with van der Waals surface area (Å²) in [5.41, 5.74) is 7.24. The van der Waals surface area contributed by atoms with Crippen LogP contribution in [-0.4, -0.2) is 15.6 Å². The second-order valence-corrected chi connectivity index (χ2v) is 8.36. The van der Waals surface area contributed by atoms with Gasteiger partial charge in [-0.2, -0.15) is 0 Å². The van der Waals surface area contributed by atoms with Gasteiger partial charge in [0.15, 0.2) is 6.23 Å². The number of aliphatic hydroxyl groups is 1. The molecule has 0 bridgehead atoms. The number of carbonyl (C=O) groups excluding carboxylic acids is 1. The average Bonchev–Trinajstić information content (AvgIpc) is 3.37. The van der Waals surface area contributed by atoms with Crippen molar-refractivity contribution in [1.29, 1.82) is 0 Å². The van der Waals surface area contributed by atoms with E-state index < -0.39 is 11.6 Å². The number of amides is 1. The molecule has 3 aromatic rings. The number of aromatic nitrogens is 2. The van der Waals surface area contributed by atoms with Gasteiger partial charge in [0.1, 0.15) is 23.9 Å². The highest BCUT2D eigenvalue weighted by atomic mass is 16.3. The van der Waals surface area contributed by atoms with Crippen molar-refractivity contribution >= 4 is 5.91 Å². The Hall–Kier alpha value is -2.92. The van der Waals surface area contributed by atoms with Crippen LogP contribution < -0.4 is 10.3 Å². The summed E-state index contributed by atoms with van der Waals surface area (Å²) >= 11 is 0. The van der Waals surface area contributed by atoms with Crippen molar-refractivity contribution in [3.05, 3.63) is 90.0 Å². The maximum atomic E-state index is 13.2. The minimum atomic E-state index is -0.863. The van der Waals surface area contributed by atoms with Crippen LogP contribution in [0.4, 0.5) is 0 Å². The molecule has 5 heteroatoms. The van der Waals surface area contributed by atoms with Gasteiger partial charge in [-0.1, -0.05) is 60.7 Å². The number of carbonyl (C=O) groups is 1. The third-order valence-corrected chi connectivity index (χ3v) is 6.80. The number of hydrogen-bond acceptors (Lipinski definition) is 2. The van der Waals surface area contributed by atoms with Gasteiger partial charge in [0, 0.05) is 13.8 Å². The SMILES string of the molecule is Cc1n(C(C)O)cc[n+]1[C@H]1CC[C@@H](C(C(N)=O)(c2ccccc2)c2ccccc2)C1. The van der Waals surface area contributed by atoms with Crippen LogP contribution >= 0.6 is 0 Å². The molecule has 1 aliphatic rings. The topological polar surface area (TPSA) is 72.1 Å². The molecule has 0 aliphatic heterocycles. The van der Waals surface area contributed by atoms with Gasteiger partial charge in [0.25, 0.3) is 5.82 Å². The maximum Gasteiger partial charge on any atom is 0.255 e. The number of aliphatic hydroxyl groups excluding tert-OH is 1. The lowest BCUT2D eigenvalue weighted by atomic mass is 9.64. The van der Waals surface area contributed by atoms with Crippen LogP contribution in [0.5, 0.6) is 0 Å². The van der Waals surface area contributed by atoms with E-state index in [0.29, 0.717) is 0 Å². The summed E-state index contributed by atoms with van der Waals surface area (Å²) in [6, 6.07) is 20.2. The van der Waals surface area contributed by atoms with Gasteiger partial charge in [0.2, 0.25) is 5.91 Å². The van der Waals surface area contributed by atoms with E-state index in [2.05, 4.69) is 4.57 Å². The highest BCUT2D eigenvalue weighted by Gasteiger charge is 2.51. The summed E-state index contributed by atoms with van der Waals surface area (Å²) in [6.07, 6.45) is 6.11. The van der Waals surface area contributed by atoms with Gasteiger partial charge in [0.05, 0.1) is 0 Å². The Kier molecular flexibility index (Phi) is 5.48. The van der Waals surface area contributed by atoms with E-state index in [1.165, 1.54) is 0 Å². The van der Waals surface area contributed by atoms with E-state index >= 15 is 0 Å². The molecule has 1 heterocycles. The first-order valence-corrected chi connectivity index (χ1v) is 10.6. The predicted molar refractivity (Wildman–Crippen MR) is 116 cm³/mol. The van der Waals surface area contributed by atoms with Gasteiger partial charge in [-0.15, -0.1) is 0 Å². The zero-order chi connectivity index (χ0) is 21.3. The number of rotatable bonds is 6. The molecule has 0 saturated heterocycles. The third-order valence-electron chi connectivity index (χ3n) is 6.80. The van der Waals surface area contributed by atoms with Crippen LogP contribution in [0, 0.1) is 12.8 Å². The molecule has 1 saturated carbocycles. The van der Waals surface area contributed by atoms with E-state index in [1.807, 2.05) is 84.5 Å². The maximum absolute atomic E-state index is 13.2. The summed E-state index contributed by atoms with van der Waals surface area (Å²) in [7, 11) is 0. The summed E-state index contributed by atoms with van der Waals surface area (Å²) in [5.74, 6) is 0.806. The van der Waals surface area contributed by atoms with Gasteiger partial charge in [-0.25, -0.2) is 9.13 Å². The second-order valence-electron chi connectivity index (χ2n) is 8.36. The number of benzene rings is 2. The van der Waals surface area contributed by atoms with E-state index in [4.69, 9.17) is 5.73 Å². The number of hydrogen-bond donors (Lipinski definition) is 2. The zero-order valence-corrected chi connectivity index (χ0v) is 17.6. The molecule has 1 aliphatic carbocycles. The quantitative estimate of drug-likeness (QED) is 0.618. The smallest absolute Gasteiger partial charge is 0.255 e. The van der Waals surface area contributed by atoms with Gasteiger partial charge in [-0.05, 0) is 36.3 Å². The Morgan fingerprint density at radius 2 is 1.67 bits per heavy atom. The van der Waals surface area contributed by atoms with Gasteiger partial charge < -0.3 is 10.8 Å². The minimum Gasteiger partial charge on any atom is -0.369 e. The van der Waals surface area contributed by atoms with Crippen LogP contribution in [0.15, 0.2) is 73.1 Å².